The van der Waals surface area contributed by atoms with Gasteiger partial charge in [-0.15, -0.1) is 0 Å². The molecule has 0 aliphatic heterocycles. The fourth-order valence-electron chi connectivity index (χ4n) is 1.93. The largest absolute Gasteiger partial charge is 0.368 e. The van der Waals surface area contributed by atoms with E-state index in [2.05, 4.69) is 10.6 Å². The summed E-state index contributed by atoms with van der Waals surface area (Å²) in [7, 11) is 0. The van der Waals surface area contributed by atoms with Gasteiger partial charge >= 0.3 is 0 Å². The molecule has 16 heavy (non-hydrogen) atoms. The monoisotopic (exact) mass is 227 g/mol. The van der Waals surface area contributed by atoms with Gasteiger partial charge in [0.1, 0.15) is 0 Å². The Balaban J connectivity index is 2.32. The number of hydrogen-bond donors (Lipinski definition) is 3. The van der Waals surface area contributed by atoms with E-state index >= 15 is 0 Å². The van der Waals surface area contributed by atoms with Crippen LogP contribution in [0, 0.1) is 0 Å². The Kier molecular flexibility index (Phi) is 4.73. The van der Waals surface area contributed by atoms with E-state index < -0.39 is 11.9 Å². The molecule has 0 saturated heterocycles. The lowest BCUT2D eigenvalue weighted by Gasteiger charge is -2.19. The van der Waals surface area contributed by atoms with E-state index in [4.69, 9.17) is 5.73 Å². The molecule has 5 nitrogen and oxygen atoms in total. The molecule has 0 radical (unpaired) electrons. The van der Waals surface area contributed by atoms with Crippen molar-refractivity contribution in [2.24, 2.45) is 5.73 Å². The van der Waals surface area contributed by atoms with Gasteiger partial charge in [0, 0.05) is 6.04 Å². The summed E-state index contributed by atoms with van der Waals surface area (Å²) < 4.78 is 0. The van der Waals surface area contributed by atoms with Crippen LogP contribution in [0.3, 0.4) is 0 Å². The maximum Gasteiger partial charge on any atom is 0.237 e. The summed E-state index contributed by atoms with van der Waals surface area (Å²) in [6.07, 6.45) is 4.49. The molecule has 0 heterocycles. The van der Waals surface area contributed by atoms with Gasteiger partial charge in [0.25, 0.3) is 0 Å². The number of nitrogens with one attached hydrogen (secondary N) is 2. The molecule has 5 heteroatoms. The first-order chi connectivity index (χ1) is 7.50. The molecule has 0 aromatic heterocycles. The van der Waals surface area contributed by atoms with Crippen LogP contribution in [0.5, 0.6) is 0 Å². The van der Waals surface area contributed by atoms with E-state index in [0.717, 1.165) is 12.8 Å². The van der Waals surface area contributed by atoms with Crippen LogP contribution >= 0.6 is 0 Å². The molecule has 2 amide bonds. The first-order valence-electron chi connectivity index (χ1n) is 5.86. The van der Waals surface area contributed by atoms with Gasteiger partial charge < -0.3 is 11.1 Å². The van der Waals surface area contributed by atoms with E-state index in [1.807, 2.05) is 0 Å². The molecule has 1 aliphatic carbocycles. The Morgan fingerprint density at radius 2 is 1.75 bits per heavy atom. The average Bonchev–Trinajstić information content (AvgIpc) is 2.69. The van der Waals surface area contributed by atoms with E-state index in [-0.39, 0.29) is 11.9 Å². The smallest absolute Gasteiger partial charge is 0.237 e. The minimum Gasteiger partial charge on any atom is -0.368 e. The molecule has 92 valence electrons. The van der Waals surface area contributed by atoms with Gasteiger partial charge in [0.05, 0.1) is 12.1 Å². The van der Waals surface area contributed by atoms with Crippen LogP contribution in [0.2, 0.25) is 0 Å². The van der Waals surface area contributed by atoms with Crippen molar-refractivity contribution in [3.8, 4) is 0 Å². The predicted octanol–water partition coefficient (Wildman–Crippen LogP) is -0.103. The molecule has 0 spiro atoms. The highest BCUT2D eigenvalue weighted by molar-refractivity contribution is 5.84. The minimum absolute atomic E-state index is 0.0556. The van der Waals surface area contributed by atoms with Gasteiger partial charge in [-0.1, -0.05) is 12.8 Å². The topological polar surface area (TPSA) is 84.2 Å². The predicted molar refractivity (Wildman–Crippen MR) is 61.7 cm³/mol. The first kappa shape index (κ1) is 13.0. The summed E-state index contributed by atoms with van der Waals surface area (Å²) >= 11 is 0. The van der Waals surface area contributed by atoms with Gasteiger partial charge in [-0.3, -0.25) is 14.9 Å². The Labute approximate surface area is 96.1 Å². The van der Waals surface area contributed by atoms with Crippen molar-refractivity contribution >= 4 is 11.8 Å². The van der Waals surface area contributed by atoms with Crippen LogP contribution in [-0.2, 0) is 9.59 Å². The summed E-state index contributed by atoms with van der Waals surface area (Å²) in [5.41, 5.74) is 5.11. The van der Waals surface area contributed by atoms with Crippen molar-refractivity contribution in [2.45, 2.75) is 57.7 Å². The van der Waals surface area contributed by atoms with Crippen molar-refractivity contribution in [3.05, 3.63) is 0 Å². The van der Waals surface area contributed by atoms with Crippen molar-refractivity contribution in [1.82, 2.24) is 10.6 Å². The zero-order valence-electron chi connectivity index (χ0n) is 9.95. The average molecular weight is 227 g/mol. The highest BCUT2D eigenvalue weighted by Crippen LogP contribution is 2.17. The van der Waals surface area contributed by atoms with Crippen LogP contribution in [0.25, 0.3) is 0 Å². The quantitative estimate of drug-likeness (QED) is 0.613. The number of rotatable bonds is 5. The number of amides is 2. The Morgan fingerprint density at radius 1 is 1.19 bits per heavy atom. The highest BCUT2D eigenvalue weighted by Gasteiger charge is 2.22. The SMILES string of the molecule is CC(NC(C)C(=O)NC1CCCC1)C(N)=O. The van der Waals surface area contributed by atoms with E-state index in [1.165, 1.54) is 12.8 Å². The lowest BCUT2D eigenvalue weighted by atomic mass is 10.2. The molecule has 0 aromatic carbocycles. The third kappa shape index (κ3) is 3.81. The van der Waals surface area contributed by atoms with Gasteiger partial charge in [-0.2, -0.15) is 0 Å². The summed E-state index contributed by atoms with van der Waals surface area (Å²) in [4.78, 5) is 22.6. The molecule has 4 N–H and O–H groups in total. The van der Waals surface area contributed by atoms with E-state index in [9.17, 15) is 9.59 Å². The van der Waals surface area contributed by atoms with Gasteiger partial charge in [-0.25, -0.2) is 0 Å². The zero-order valence-corrected chi connectivity index (χ0v) is 9.95. The van der Waals surface area contributed by atoms with Crippen molar-refractivity contribution in [2.75, 3.05) is 0 Å². The van der Waals surface area contributed by atoms with Crippen LogP contribution in [0.4, 0.5) is 0 Å². The number of hydrogen-bond acceptors (Lipinski definition) is 3. The third-order valence-corrected chi connectivity index (χ3v) is 3.02. The minimum atomic E-state index is -0.482. The number of carbonyl (C=O) groups is 2. The van der Waals surface area contributed by atoms with Crippen molar-refractivity contribution < 1.29 is 9.59 Å². The number of primary amides is 1. The Morgan fingerprint density at radius 3 is 2.25 bits per heavy atom. The fraction of sp³-hybridized carbons (Fsp3) is 0.818. The number of carbonyl (C=O) groups excluding carboxylic acids is 2. The van der Waals surface area contributed by atoms with Crippen LogP contribution < -0.4 is 16.4 Å². The van der Waals surface area contributed by atoms with Crippen LogP contribution in [-0.4, -0.2) is 29.9 Å². The van der Waals surface area contributed by atoms with Gasteiger partial charge in [-0.05, 0) is 26.7 Å². The molecule has 2 atom stereocenters. The highest BCUT2D eigenvalue weighted by atomic mass is 16.2. The summed E-state index contributed by atoms with van der Waals surface area (Å²) in [6, 6.07) is -0.562. The molecular formula is C11H21N3O2. The van der Waals surface area contributed by atoms with Crippen LogP contribution in [0.1, 0.15) is 39.5 Å². The zero-order chi connectivity index (χ0) is 12.1. The van der Waals surface area contributed by atoms with E-state index in [1.54, 1.807) is 13.8 Å². The fourth-order valence-corrected chi connectivity index (χ4v) is 1.93. The van der Waals surface area contributed by atoms with Crippen molar-refractivity contribution in [1.29, 1.82) is 0 Å². The molecule has 1 fully saturated rings. The third-order valence-electron chi connectivity index (χ3n) is 3.02. The molecule has 1 rings (SSSR count). The summed E-state index contributed by atoms with van der Waals surface area (Å²) in [5, 5.41) is 5.84. The molecule has 2 unspecified atom stereocenters. The number of nitrogens with two attached hydrogens (primary N) is 1. The second kappa shape index (κ2) is 5.84. The first-order valence-corrected chi connectivity index (χ1v) is 5.86. The lowest BCUT2D eigenvalue weighted by molar-refractivity contribution is -0.124. The normalized spacial score (nSPS) is 20.4. The van der Waals surface area contributed by atoms with Crippen LogP contribution in [0.15, 0.2) is 0 Å². The molecular weight excluding hydrogens is 206 g/mol. The second-order valence-electron chi connectivity index (χ2n) is 4.50. The maximum atomic E-state index is 11.7. The van der Waals surface area contributed by atoms with Crippen molar-refractivity contribution in [3.63, 3.8) is 0 Å². The lowest BCUT2D eigenvalue weighted by Crippen LogP contribution is -2.51. The Hall–Kier alpha value is -1.10. The second-order valence-corrected chi connectivity index (χ2v) is 4.50. The molecule has 0 aromatic rings. The molecule has 0 bridgehead atoms. The Bertz CT molecular complexity index is 262. The molecule has 1 aliphatic rings. The maximum absolute atomic E-state index is 11.7. The van der Waals surface area contributed by atoms with Gasteiger partial charge in [0.2, 0.25) is 11.8 Å². The summed E-state index contributed by atoms with van der Waals surface area (Å²) in [5.74, 6) is -0.500. The van der Waals surface area contributed by atoms with Gasteiger partial charge in [0.15, 0.2) is 0 Å². The standard InChI is InChI=1S/C11H21N3O2/c1-7(10(12)15)13-8(2)11(16)14-9-5-3-4-6-9/h7-9,13H,3-6H2,1-2H3,(H2,12,15)(H,14,16). The summed E-state index contributed by atoms with van der Waals surface area (Å²) in [6.45, 7) is 3.39. The molecule has 1 saturated carbocycles. The van der Waals surface area contributed by atoms with E-state index in [0.29, 0.717) is 6.04 Å².